The Morgan fingerprint density at radius 1 is 1.47 bits per heavy atom. The van der Waals surface area contributed by atoms with E-state index in [1.165, 1.54) is 0 Å². The highest BCUT2D eigenvalue weighted by molar-refractivity contribution is 5.38. The number of hydrogen-bond donors (Lipinski definition) is 1. The Morgan fingerprint density at radius 2 is 2.12 bits per heavy atom. The first-order valence-corrected chi connectivity index (χ1v) is 5.83. The molecule has 0 saturated heterocycles. The van der Waals surface area contributed by atoms with Crippen LogP contribution in [0, 0.1) is 17.2 Å². The fourth-order valence-corrected chi connectivity index (χ4v) is 2.01. The summed E-state index contributed by atoms with van der Waals surface area (Å²) in [5.41, 5.74) is -0.514. The van der Waals surface area contributed by atoms with Gasteiger partial charge in [0, 0.05) is 5.56 Å². The van der Waals surface area contributed by atoms with Crippen LogP contribution < -0.4 is 4.74 Å². The van der Waals surface area contributed by atoms with Crippen molar-refractivity contribution in [3.63, 3.8) is 0 Å². The standard InChI is InChI=1S/C14H19NO2/c1-4-7-11(10-15)14(2,16)12-8-5-6-9-13(12)17-3/h5-6,8-9,11,16H,4,7H2,1-3H3. The molecule has 17 heavy (non-hydrogen) atoms. The topological polar surface area (TPSA) is 53.2 Å². The summed E-state index contributed by atoms with van der Waals surface area (Å²) in [4.78, 5) is 0. The molecule has 0 aromatic heterocycles. The Morgan fingerprint density at radius 3 is 2.65 bits per heavy atom. The van der Waals surface area contributed by atoms with Gasteiger partial charge in [-0.1, -0.05) is 31.5 Å². The first-order chi connectivity index (χ1) is 8.07. The molecule has 0 radical (unpaired) electrons. The number of methoxy groups -OCH3 is 1. The third-order valence-corrected chi connectivity index (χ3v) is 3.06. The molecule has 0 aliphatic rings. The number of para-hydroxylation sites is 1. The molecule has 3 nitrogen and oxygen atoms in total. The zero-order valence-corrected chi connectivity index (χ0v) is 10.6. The van der Waals surface area contributed by atoms with E-state index in [1.807, 2.05) is 19.1 Å². The van der Waals surface area contributed by atoms with Crippen molar-refractivity contribution >= 4 is 0 Å². The maximum Gasteiger partial charge on any atom is 0.124 e. The lowest BCUT2D eigenvalue weighted by Crippen LogP contribution is -2.31. The molecule has 2 atom stereocenters. The van der Waals surface area contributed by atoms with Crippen LogP contribution in [-0.2, 0) is 5.60 Å². The molecule has 0 saturated carbocycles. The number of rotatable bonds is 5. The zero-order chi connectivity index (χ0) is 12.9. The molecule has 1 aromatic rings. The summed E-state index contributed by atoms with van der Waals surface area (Å²) >= 11 is 0. The Labute approximate surface area is 103 Å². The van der Waals surface area contributed by atoms with Crippen LogP contribution in [0.25, 0.3) is 0 Å². The van der Waals surface area contributed by atoms with Crippen LogP contribution in [0.5, 0.6) is 5.75 Å². The molecule has 0 aliphatic heterocycles. The van der Waals surface area contributed by atoms with Crippen LogP contribution in [-0.4, -0.2) is 12.2 Å². The molecule has 0 aliphatic carbocycles. The minimum atomic E-state index is -1.18. The van der Waals surface area contributed by atoms with E-state index in [9.17, 15) is 5.11 Å². The summed E-state index contributed by atoms with van der Waals surface area (Å²) in [6.45, 7) is 3.68. The monoisotopic (exact) mass is 233 g/mol. The predicted octanol–water partition coefficient (Wildman–Crippen LogP) is 2.84. The molecule has 2 unspecified atom stereocenters. The van der Waals surface area contributed by atoms with E-state index >= 15 is 0 Å². The average molecular weight is 233 g/mol. The van der Waals surface area contributed by atoms with Gasteiger partial charge in [0.15, 0.2) is 0 Å². The normalized spacial score (nSPS) is 15.7. The number of benzene rings is 1. The number of nitrogens with zero attached hydrogens (tertiary/aromatic N) is 1. The van der Waals surface area contributed by atoms with E-state index in [1.54, 1.807) is 26.2 Å². The highest BCUT2D eigenvalue weighted by Gasteiger charge is 2.35. The molecule has 0 heterocycles. The second-order valence-corrected chi connectivity index (χ2v) is 4.32. The van der Waals surface area contributed by atoms with Gasteiger partial charge in [-0.25, -0.2) is 0 Å². The summed E-state index contributed by atoms with van der Waals surface area (Å²) in [7, 11) is 1.57. The first-order valence-electron chi connectivity index (χ1n) is 5.83. The van der Waals surface area contributed by atoms with E-state index in [0.717, 1.165) is 6.42 Å². The van der Waals surface area contributed by atoms with Gasteiger partial charge in [-0.05, 0) is 19.4 Å². The third kappa shape index (κ3) is 2.78. The van der Waals surface area contributed by atoms with Crippen molar-refractivity contribution in [3.05, 3.63) is 29.8 Å². The molecule has 1 N–H and O–H groups in total. The molecule has 0 bridgehead atoms. The van der Waals surface area contributed by atoms with Crippen LogP contribution in [0.1, 0.15) is 32.3 Å². The molecule has 0 fully saturated rings. The molecule has 1 rings (SSSR count). The van der Waals surface area contributed by atoms with Crippen molar-refractivity contribution in [2.45, 2.75) is 32.3 Å². The van der Waals surface area contributed by atoms with Gasteiger partial charge < -0.3 is 9.84 Å². The Balaban J connectivity index is 3.15. The van der Waals surface area contributed by atoms with E-state index < -0.39 is 11.5 Å². The number of hydrogen-bond acceptors (Lipinski definition) is 3. The maximum absolute atomic E-state index is 10.6. The van der Waals surface area contributed by atoms with Gasteiger partial charge in [-0.15, -0.1) is 0 Å². The van der Waals surface area contributed by atoms with Crippen molar-refractivity contribution in [3.8, 4) is 11.8 Å². The second-order valence-electron chi connectivity index (χ2n) is 4.32. The fourth-order valence-electron chi connectivity index (χ4n) is 2.01. The fraction of sp³-hybridized carbons (Fsp3) is 0.500. The van der Waals surface area contributed by atoms with Gasteiger partial charge in [0.2, 0.25) is 0 Å². The predicted molar refractivity (Wildman–Crippen MR) is 66.6 cm³/mol. The summed E-state index contributed by atoms with van der Waals surface area (Å²) in [5.74, 6) is 0.192. The average Bonchev–Trinajstić information content (AvgIpc) is 2.35. The van der Waals surface area contributed by atoms with Gasteiger partial charge in [0.1, 0.15) is 11.4 Å². The molecular formula is C14H19NO2. The third-order valence-electron chi connectivity index (χ3n) is 3.06. The van der Waals surface area contributed by atoms with Crippen LogP contribution in [0.4, 0.5) is 0 Å². The summed E-state index contributed by atoms with van der Waals surface area (Å²) in [5, 5.41) is 19.8. The SMILES string of the molecule is CCCC(C#N)C(C)(O)c1ccccc1OC. The molecular weight excluding hydrogens is 214 g/mol. The number of nitriles is 1. The Kier molecular flexibility index (Phi) is 4.53. The van der Waals surface area contributed by atoms with E-state index in [4.69, 9.17) is 10.00 Å². The van der Waals surface area contributed by atoms with Crippen LogP contribution in [0.15, 0.2) is 24.3 Å². The minimum absolute atomic E-state index is 0.427. The number of aliphatic hydroxyl groups is 1. The first kappa shape index (κ1) is 13.5. The van der Waals surface area contributed by atoms with Crippen molar-refractivity contribution in [1.82, 2.24) is 0 Å². The van der Waals surface area contributed by atoms with Crippen LogP contribution >= 0.6 is 0 Å². The van der Waals surface area contributed by atoms with Gasteiger partial charge in [0.05, 0.1) is 19.1 Å². The van der Waals surface area contributed by atoms with Crippen molar-refractivity contribution < 1.29 is 9.84 Å². The molecule has 3 heteroatoms. The van der Waals surface area contributed by atoms with Crippen LogP contribution in [0.3, 0.4) is 0 Å². The lowest BCUT2D eigenvalue weighted by atomic mass is 9.81. The van der Waals surface area contributed by atoms with E-state index in [0.29, 0.717) is 17.7 Å². The van der Waals surface area contributed by atoms with Gasteiger partial charge in [-0.3, -0.25) is 0 Å². The Bertz CT molecular complexity index is 407. The quantitative estimate of drug-likeness (QED) is 0.850. The summed E-state index contributed by atoms with van der Waals surface area (Å²) in [6, 6.07) is 9.47. The maximum atomic E-state index is 10.6. The largest absolute Gasteiger partial charge is 0.496 e. The lowest BCUT2D eigenvalue weighted by Gasteiger charge is -2.30. The smallest absolute Gasteiger partial charge is 0.124 e. The second kappa shape index (κ2) is 5.70. The minimum Gasteiger partial charge on any atom is -0.496 e. The molecule has 0 amide bonds. The van der Waals surface area contributed by atoms with Crippen molar-refractivity contribution in [2.24, 2.45) is 5.92 Å². The summed E-state index contributed by atoms with van der Waals surface area (Å²) in [6.07, 6.45) is 1.53. The zero-order valence-electron chi connectivity index (χ0n) is 10.6. The van der Waals surface area contributed by atoms with Crippen molar-refractivity contribution in [1.29, 1.82) is 5.26 Å². The van der Waals surface area contributed by atoms with E-state index in [-0.39, 0.29) is 0 Å². The van der Waals surface area contributed by atoms with Crippen LogP contribution in [0.2, 0.25) is 0 Å². The highest BCUT2D eigenvalue weighted by Crippen LogP contribution is 2.37. The van der Waals surface area contributed by atoms with Crippen molar-refractivity contribution in [2.75, 3.05) is 7.11 Å². The van der Waals surface area contributed by atoms with Gasteiger partial charge in [-0.2, -0.15) is 5.26 Å². The lowest BCUT2D eigenvalue weighted by molar-refractivity contribution is 0.0109. The van der Waals surface area contributed by atoms with Gasteiger partial charge in [0.25, 0.3) is 0 Å². The highest BCUT2D eigenvalue weighted by atomic mass is 16.5. The van der Waals surface area contributed by atoms with Gasteiger partial charge >= 0.3 is 0 Å². The number of ether oxygens (including phenoxy) is 1. The molecule has 1 aromatic carbocycles. The molecule has 0 spiro atoms. The van der Waals surface area contributed by atoms with E-state index in [2.05, 4.69) is 6.07 Å². The summed E-state index contributed by atoms with van der Waals surface area (Å²) < 4.78 is 5.24. The Hall–Kier alpha value is -1.53. The molecule has 92 valence electrons.